The minimum Gasteiger partial charge on any atom is -0.495 e. The van der Waals surface area contributed by atoms with Gasteiger partial charge >= 0.3 is 0 Å². The number of nitrogens with one attached hydrogen (secondary N) is 1. The zero-order chi connectivity index (χ0) is 15.1. The van der Waals surface area contributed by atoms with Gasteiger partial charge in [-0.2, -0.15) is 0 Å². The van der Waals surface area contributed by atoms with E-state index in [-0.39, 0.29) is 18.1 Å². The minimum atomic E-state index is -0.756. The second kappa shape index (κ2) is 7.70. The number of methoxy groups -OCH3 is 1. The predicted molar refractivity (Wildman–Crippen MR) is 80.0 cm³/mol. The number of ketones is 1. The van der Waals surface area contributed by atoms with Crippen molar-refractivity contribution in [2.75, 3.05) is 12.4 Å². The van der Waals surface area contributed by atoms with Crippen LogP contribution in [0.4, 0.5) is 5.69 Å². The molecule has 1 aromatic carbocycles. The van der Waals surface area contributed by atoms with Crippen LogP contribution in [0, 0.1) is 5.92 Å². The Bertz CT molecular complexity index is 522. The van der Waals surface area contributed by atoms with Crippen LogP contribution in [0.25, 0.3) is 0 Å². The zero-order valence-electron chi connectivity index (χ0n) is 11.8. The van der Waals surface area contributed by atoms with Crippen molar-refractivity contribution in [2.24, 2.45) is 5.92 Å². The van der Waals surface area contributed by atoms with Gasteiger partial charge in [-0.05, 0) is 32.4 Å². The molecule has 1 atom stereocenters. The highest BCUT2D eigenvalue weighted by molar-refractivity contribution is 6.29. The molecule has 108 valence electrons. The van der Waals surface area contributed by atoms with Crippen LogP contribution in [0.15, 0.2) is 35.4 Å². The quantitative estimate of drug-likeness (QED) is 0.819. The lowest BCUT2D eigenvalue weighted by molar-refractivity contribution is -0.129. The lowest BCUT2D eigenvalue weighted by Crippen LogP contribution is -2.28. The van der Waals surface area contributed by atoms with Gasteiger partial charge in [0.1, 0.15) is 11.5 Å². The van der Waals surface area contributed by atoms with E-state index in [2.05, 4.69) is 5.32 Å². The van der Waals surface area contributed by atoms with Crippen molar-refractivity contribution in [3.8, 4) is 5.75 Å². The van der Waals surface area contributed by atoms with E-state index in [1.165, 1.54) is 14.0 Å². The molecule has 0 unspecified atom stereocenters. The fourth-order valence-electron chi connectivity index (χ4n) is 1.71. The number of rotatable bonds is 6. The second-order valence-corrected chi connectivity index (χ2v) is 4.98. The Morgan fingerprint density at radius 3 is 2.55 bits per heavy atom. The highest BCUT2D eigenvalue weighted by Gasteiger charge is 2.23. The van der Waals surface area contributed by atoms with Crippen molar-refractivity contribution in [1.29, 1.82) is 0 Å². The van der Waals surface area contributed by atoms with Gasteiger partial charge in [-0.15, -0.1) is 0 Å². The number of benzene rings is 1. The lowest BCUT2D eigenvalue weighted by Gasteiger charge is -2.14. The van der Waals surface area contributed by atoms with Gasteiger partial charge in [-0.25, -0.2) is 0 Å². The number of carbonyl (C=O) groups is 2. The predicted octanol–water partition coefficient (Wildman–Crippen LogP) is 3.37. The Labute approximate surface area is 123 Å². The van der Waals surface area contributed by atoms with Crippen molar-refractivity contribution in [3.05, 3.63) is 35.4 Å². The summed E-state index contributed by atoms with van der Waals surface area (Å²) >= 11 is 5.74. The van der Waals surface area contributed by atoms with Crippen molar-refractivity contribution < 1.29 is 14.3 Å². The van der Waals surface area contributed by atoms with Gasteiger partial charge in [-0.3, -0.25) is 9.59 Å². The molecule has 1 aromatic rings. The molecule has 5 heteroatoms. The minimum absolute atomic E-state index is 0.202. The topological polar surface area (TPSA) is 55.4 Å². The molecule has 0 fully saturated rings. The summed E-state index contributed by atoms with van der Waals surface area (Å²) in [4.78, 5) is 23.8. The summed E-state index contributed by atoms with van der Waals surface area (Å²) in [6, 6.07) is 7.04. The SMILES string of the molecule is COc1ccccc1NC(=O)[C@@H](C/C=C(/C)Cl)C(C)=O. The maximum absolute atomic E-state index is 12.2. The van der Waals surface area contributed by atoms with Crippen LogP contribution in [0.5, 0.6) is 5.75 Å². The molecule has 0 heterocycles. The van der Waals surface area contributed by atoms with Crippen LogP contribution in [0.3, 0.4) is 0 Å². The number of carbonyl (C=O) groups excluding carboxylic acids is 2. The zero-order valence-corrected chi connectivity index (χ0v) is 12.5. The Morgan fingerprint density at radius 1 is 1.35 bits per heavy atom. The van der Waals surface area contributed by atoms with Crippen LogP contribution in [0.1, 0.15) is 20.3 Å². The summed E-state index contributed by atoms with van der Waals surface area (Å²) in [5.41, 5.74) is 0.540. The largest absolute Gasteiger partial charge is 0.495 e. The van der Waals surface area contributed by atoms with E-state index in [1.54, 1.807) is 37.3 Å². The van der Waals surface area contributed by atoms with Gasteiger partial charge < -0.3 is 10.1 Å². The first kappa shape index (κ1) is 16.2. The molecule has 1 amide bonds. The van der Waals surface area contributed by atoms with Gasteiger partial charge in [0.15, 0.2) is 0 Å². The fourth-order valence-corrected chi connectivity index (χ4v) is 1.79. The molecule has 0 saturated carbocycles. The summed E-state index contributed by atoms with van der Waals surface area (Å²) in [6.07, 6.45) is 1.95. The summed E-state index contributed by atoms with van der Waals surface area (Å²) in [6.45, 7) is 3.10. The van der Waals surface area contributed by atoms with Crippen LogP contribution in [-0.2, 0) is 9.59 Å². The number of halogens is 1. The number of ether oxygens (including phenoxy) is 1. The third-order valence-corrected chi connectivity index (χ3v) is 2.96. The van der Waals surface area contributed by atoms with Crippen LogP contribution in [-0.4, -0.2) is 18.8 Å². The van der Waals surface area contributed by atoms with Gasteiger partial charge in [-0.1, -0.05) is 29.8 Å². The molecule has 1 rings (SSSR count). The molecule has 0 aromatic heterocycles. The van der Waals surface area contributed by atoms with Crippen LogP contribution < -0.4 is 10.1 Å². The highest BCUT2D eigenvalue weighted by Crippen LogP contribution is 2.24. The third kappa shape index (κ3) is 4.70. The molecule has 0 spiro atoms. The monoisotopic (exact) mass is 295 g/mol. The average molecular weight is 296 g/mol. The van der Waals surface area contributed by atoms with Crippen LogP contribution in [0.2, 0.25) is 0 Å². The number of Topliss-reactive ketones (excluding diaryl/α,β-unsaturated/α-hetero) is 1. The molecular formula is C15H18ClNO3. The normalized spacial score (nSPS) is 12.7. The highest BCUT2D eigenvalue weighted by atomic mass is 35.5. The average Bonchev–Trinajstić information content (AvgIpc) is 2.38. The third-order valence-electron chi connectivity index (χ3n) is 2.81. The first-order valence-electron chi connectivity index (χ1n) is 6.22. The number of hydrogen-bond donors (Lipinski definition) is 1. The van der Waals surface area contributed by atoms with E-state index in [1.807, 2.05) is 0 Å². The van der Waals surface area contributed by atoms with E-state index in [9.17, 15) is 9.59 Å². The van der Waals surface area contributed by atoms with E-state index >= 15 is 0 Å². The van der Waals surface area contributed by atoms with Crippen molar-refractivity contribution in [2.45, 2.75) is 20.3 Å². The molecule has 4 nitrogen and oxygen atoms in total. The number of hydrogen-bond acceptors (Lipinski definition) is 3. The van der Waals surface area contributed by atoms with E-state index in [0.29, 0.717) is 16.5 Å². The van der Waals surface area contributed by atoms with Crippen molar-refractivity contribution >= 4 is 29.0 Å². The van der Waals surface area contributed by atoms with Gasteiger partial charge in [0.05, 0.1) is 18.7 Å². The Balaban J connectivity index is 2.86. The summed E-state index contributed by atoms with van der Waals surface area (Å²) < 4.78 is 5.15. The van der Waals surface area contributed by atoms with Gasteiger partial charge in [0.2, 0.25) is 5.91 Å². The fraction of sp³-hybridized carbons (Fsp3) is 0.333. The standard InChI is InChI=1S/C15H18ClNO3/c1-10(16)8-9-12(11(2)18)15(19)17-13-6-4-5-7-14(13)20-3/h4-8,12H,9H2,1-3H3,(H,17,19)/b10-8-/t12-/m0/s1. The summed E-state index contributed by atoms with van der Waals surface area (Å²) in [5, 5.41) is 3.27. The van der Waals surface area contributed by atoms with Crippen molar-refractivity contribution in [1.82, 2.24) is 0 Å². The number of amides is 1. The Morgan fingerprint density at radius 2 is 2.00 bits per heavy atom. The lowest BCUT2D eigenvalue weighted by atomic mass is 9.99. The summed E-state index contributed by atoms with van der Waals surface area (Å²) in [5.74, 6) is -0.774. The molecule has 0 radical (unpaired) electrons. The van der Waals surface area contributed by atoms with E-state index in [4.69, 9.17) is 16.3 Å². The number of para-hydroxylation sites is 2. The summed E-state index contributed by atoms with van der Waals surface area (Å²) in [7, 11) is 1.52. The first-order chi connectivity index (χ1) is 9.45. The molecule has 1 N–H and O–H groups in total. The van der Waals surface area contributed by atoms with E-state index < -0.39 is 5.92 Å². The maximum Gasteiger partial charge on any atom is 0.235 e. The number of anilines is 1. The first-order valence-corrected chi connectivity index (χ1v) is 6.60. The van der Waals surface area contributed by atoms with Crippen LogP contribution >= 0.6 is 11.6 Å². The molecule has 20 heavy (non-hydrogen) atoms. The Kier molecular flexibility index (Phi) is 6.25. The number of allylic oxidation sites excluding steroid dienone is 2. The molecule has 0 aliphatic carbocycles. The molecule has 0 bridgehead atoms. The smallest absolute Gasteiger partial charge is 0.235 e. The Hall–Kier alpha value is -1.81. The van der Waals surface area contributed by atoms with E-state index in [0.717, 1.165) is 0 Å². The van der Waals surface area contributed by atoms with Gasteiger partial charge in [0.25, 0.3) is 0 Å². The second-order valence-electron chi connectivity index (χ2n) is 4.38. The molecule has 0 aliphatic heterocycles. The van der Waals surface area contributed by atoms with Crippen molar-refractivity contribution in [3.63, 3.8) is 0 Å². The molecule has 0 aliphatic rings. The molecular weight excluding hydrogens is 278 g/mol. The molecule has 0 saturated heterocycles. The van der Waals surface area contributed by atoms with Gasteiger partial charge in [0, 0.05) is 5.03 Å². The maximum atomic E-state index is 12.2.